The standard InChI is InChI=1S/C19H26N4O/c1-14(12-15-2-6-18(24)7-3-15)22-10-8-17(9-11-22)23-13-19(20-21-23)16-4-5-16/h2-3,6-7,13-14,16-17,24H,4-5,8-12H2,1H3. The van der Waals surface area contributed by atoms with Gasteiger partial charge in [0.1, 0.15) is 5.75 Å². The largest absolute Gasteiger partial charge is 0.508 e. The highest BCUT2D eigenvalue weighted by atomic mass is 16.3. The first-order valence-electron chi connectivity index (χ1n) is 9.13. The second-order valence-corrected chi connectivity index (χ2v) is 7.38. The van der Waals surface area contributed by atoms with E-state index in [9.17, 15) is 5.11 Å². The second-order valence-electron chi connectivity index (χ2n) is 7.38. The zero-order valence-electron chi connectivity index (χ0n) is 14.3. The fourth-order valence-electron chi connectivity index (χ4n) is 3.73. The predicted octanol–water partition coefficient (Wildman–Crippen LogP) is 3.13. The zero-order valence-corrected chi connectivity index (χ0v) is 14.3. The number of hydrogen-bond donors (Lipinski definition) is 1. The van der Waals surface area contributed by atoms with Gasteiger partial charge in [-0.2, -0.15) is 0 Å². The van der Waals surface area contributed by atoms with Gasteiger partial charge in [-0.1, -0.05) is 17.3 Å². The van der Waals surface area contributed by atoms with E-state index in [1.54, 1.807) is 12.1 Å². The van der Waals surface area contributed by atoms with Crippen LogP contribution in [-0.4, -0.2) is 44.1 Å². The molecule has 5 heteroatoms. The third-order valence-electron chi connectivity index (χ3n) is 5.49. The van der Waals surface area contributed by atoms with Crippen LogP contribution >= 0.6 is 0 Å². The van der Waals surface area contributed by atoms with Gasteiger partial charge in [0.05, 0.1) is 11.7 Å². The number of rotatable bonds is 5. The predicted molar refractivity (Wildman–Crippen MR) is 93.1 cm³/mol. The molecule has 2 heterocycles. The SMILES string of the molecule is CC(Cc1ccc(O)cc1)N1CCC(n2cc(C3CC3)nn2)CC1. The van der Waals surface area contributed by atoms with E-state index in [1.165, 1.54) is 24.1 Å². The van der Waals surface area contributed by atoms with Crippen LogP contribution < -0.4 is 0 Å². The van der Waals surface area contributed by atoms with Crippen molar-refractivity contribution in [2.75, 3.05) is 13.1 Å². The molecule has 0 bridgehead atoms. The fraction of sp³-hybridized carbons (Fsp3) is 0.579. The van der Waals surface area contributed by atoms with Gasteiger partial charge in [-0.3, -0.25) is 0 Å². The molecule has 1 saturated carbocycles. The summed E-state index contributed by atoms with van der Waals surface area (Å²) < 4.78 is 2.11. The average Bonchev–Trinajstić information content (AvgIpc) is 3.34. The highest BCUT2D eigenvalue weighted by Gasteiger charge is 2.29. The molecular formula is C19H26N4O. The topological polar surface area (TPSA) is 54.2 Å². The lowest BCUT2D eigenvalue weighted by Crippen LogP contribution is -2.41. The van der Waals surface area contributed by atoms with Crippen LogP contribution in [0.5, 0.6) is 5.75 Å². The van der Waals surface area contributed by atoms with Gasteiger partial charge >= 0.3 is 0 Å². The van der Waals surface area contributed by atoms with Gasteiger partial charge in [0.15, 0.2) is 0 Å². The van der Waals surface area contributed by atoms with Crippen LogP contribution in [0.3, 0.4) is 0 Å². The Morgan fingerprint density at radius 2 is 1.83 bits per heavy atom. The number of aromatic nitrogens is 3. The lowest BCUT2D eigenvalue weighted by Gasteiger charge is -2.36. The van der Waals surface area contributed by atoms with Crippen LogP contribution in [0.1, 0.15) is 55.8 Å². The van der Waals surface area contributed by atoms with Crippen LogP contribution in [0.2, 0.25) is 0 Å². The Balaban J connectivity index is 1.30. The molecule has 2 aliphatic rings. The summed E-state index contributed by atoms with van der Waals surface area (Å²) in [5.41, 5.74) is 2.48. The van der Waals surface area contributed by atoms with Crippen molar-refractivity contribution in [2.24, 2.45) is 0 Å². The van der Waals surface area contributed by atoms with Gasteiger partial charge in [-0.15, -0.1) is 5.10 Å². The molecule has 2 fully saturated rings. The van der Waals surface area contributed by atoms with Gasteiger partial charge < -0.3 is 10.0 Å². The van der Waals surface area contributed by atoms with E-state index in [0.717, 1.165) is 32.4 Å². The molecule has 1 aliphatic heterocycles. The quantitative estimate of drug-likeness (QED) is 0.917. The number of piperidine rings is 1. The van der Waals surface area contributed by atoms with Crippen LogP contribution in [0.25, 0.3) is 0 Å². The molecule has 1 aliphatic carbocycles. The van der Waals surface area contributed by atoms with Crippen LogP contribution in [-0.2, 0) is 6.42 Å². The van der Waals surface area contributed by atoms with Crippen molar-refractivity contribution in [2.45, 2.75) is 57.0 Å². The summed E-state index contributed by atoms with van der Waals surface area (Å²) in [6.07, 6.45) is 8.07. The first-order chi connectivity index (χ1) is 11.7. The Labute approximate surface area is 143 Å². The van der Waals surface area contributed by atoms with E-state index in [-0.39, 0.29) is 0 Å². The third-order valence-corrected chi connectivity index (χ3v) is 5.49. The molecule has 1 N–H and O–H groups in total. The molecule has 1 aromatic heterocycles. The van der Waals surface area contributed by atoms with Gasteiger partial charge in [-0.25, -0.2) is 4.68 Å². The van der Waals surface area contributed by atoms with E-state index >= 15 is 0 Å². The number of phenols is 1. The van der Waals surface area contributed by atoms with E-state index in [4.69, 9.17) is 0 Å². The maximum absolute atomic E-state index is 9.39. The summed E-state index contributed by atoms with van der Waals surface area (Å²) in [7, 11) is 0. The third kappa shape index (κ3) is 3.46. The minimum atomic E-state index is 0.339. The summed E-state index contributed by atoms with van der Waals surface area (Å²) >= 11 is 0. The van der Waals surface area contributed by atoms with Crippen LogP contribution in [0.4, 0.5) is 0 Å². The van der Waals surface area contributed by atoms with Crippen molar-refractivity contribution in [1.82, 2.24) is 19.9 Å². The minimum absolute atomic E-state index is 0.339. The molecule has 24 heavy (non-hydrogen) atoms. The molecule has 0 spiro atoms. The molecular weight excluding hydrogens is 300 g/mol. The van der Waals surface area contributed by atoms with Crippen molar-refractivity contribution in [1.29, 1.82) is 0 Å². The molecule has 5 nitrogen and oxygen atoms in total. The van der Waals surface area contributed by atoms with Crippen molar-refractivity contribution in [3.8, 4) is 5.75 Å². The number of likely N-dealkylation sites (tertiary alicyclic amines) is 1. The monoisotopic (exact) mass is 326 g/mol. The molecule has 2 aromatic rings. The summed E-state index contributed by atoms with van der Waals surface area (Å²) in [6, 6.07) is 8.61. The fourth-order valence-corrected chi connectivity index (χ4v) is 3.73. The Morgan fingerprint density at radius 3 is 2.50 bits per heavy atom. The van der Waals surface area contributed by atoms with Gasteiger partial charge in [0.25, 0.3) is 0 Å². The summed E-state index contributed by atoms with van der Waals surface area (Å²) in [4.78, 5) is 2.57. The molecule has 0 radical (unpaired) electrons. The van der Waals surface area contributed by atoms with Crippen molar-refractivity contribution in [3.05, 3.63) is 41.7 Å². The maximum Gasteiger partial charge on any atom is 0.115 e. The molecule has 1 saturated heterocycles. The lowest BCUT2D eigenvalue weighted by molar-refractivity contribution is 0.137. The Kier molecular flexibility index (Phi) is 4.27. The normalized spacial score (nSPS) is 21.0. The molecule has 1 unspecified atom stereocenters. The number of nitrogens with zero attached hydrogens (tertiary/aromatic N) is 4. The van der Waals surface area contributed by atoms with E-state index in [1.807, 2.05) is 12.1 Å². The van der Waals surface area contributed by atoms with Crippen LogP contribution in [0.15, 0.2) is 30.5 Å². The minimum Gasteiger partial charge on any atom is -0.508 e. The first kappa shape index (κ1) is 15.6. The van der Waals surface area contributed by atoms with Crippen LogP contribution in [0, 0.1) is 0 Å². The van der Waals surface area contributed by atoms with E-state index in [0.29, 0.717) is 23.8 Å². The Hall–Kier alpha value is -1.88. The summed E-state index contributed by atoms with van der Waals surface area (Å²) in [5.74, 6) is 1.02. The van der Waals surface area contributed by atoms with Crippen molar-refractivity contribution in [3.63, 3.8) is 0 Å². The Bertz CT molecular complexity index is 669. The van der Waals surface area contributed by atoms with Gasteiger partial charge in [0, 0.05) is 31.2 Å². The molecule has 1 atom stereocenters. The highest BCUT2D eigenvalue weighted by Crippen LogP contribution is 2.39. The molecule has 0 amide bonds. The summed E-state index contributed by atoms with van der Waals surface area (Å²) in [5, 5.41) is 18.1. The van der Waals surface area contributed by atoms with Crippen molar-refractivity contribution < 1.29 is 5.11 Å². The maximum atomic E-state index is 9.39. The van der Waals surface area contributed by atoms with E-state index in [2.05, 4.69) is 33.0 Å². The van der Waals surface area contributed by atoms with Gasteiger partial charge in [-0.05, 0) is 56.7 Å². The molecule has 128 valence electrons. The number of hydrogen-bond acceptors (Lipinski definition) is 4. The van der Waals surface area contributed by atoms with Crippen molar-refractivity contribution >= 4 is 0 Å². The lowest BCUT2D eigenvalue weighted by atomic mass is 10.00. The first-order valence-corrected chi connectivity index (χ1v) is 9.13. The van der Waals surface area contributed by atoms with Gasteiger partial charge in [0.2, 0.25) is 0 Å². The number of aromatic hydroxyl groups is 1. The average molecular weight is 326 g/mol. The Morgan fingerprint density at radius 1 is 1.12 bits per heavy atom. The highest BCUT2D eigenvalue weighted by molar-refractivity contribution is 5.26. The molecule has 4 rings (SSSR count). The van der Waals surface area contributed by atoms with E-state index < -0.39 is 0 Å². The smallest absolute Gasteiger partial charge is 0.115 e. The zero-order chi connectivity index (χ0) is 16.5. The number of benzene rings is 1. The molecule has 1 aromatic carbocycles. The summed E-state index contributed by atoms with van der Waals surface area (Å²) in [6.45, 7) is 4.53. The number of phenolic OH excluding ortho intramolecular Hbond substituents is 1. The second kappa shape index (κ2) is 6.55.